The molecular weight excluding hydrogens is 465 g/mol. The number of guanidine groups is 1. The van der Waals surface area contributed by atoms with Crippen LogP contribution in [0.3, 0.4) is 0 Å². The highest BCUT2D eigenvalue weighted by Crippen LogP contribution is 2.24. The average Bonchev–Trinajstić information content (AvgIpc) is 2.56. The molecule has 1 heterocycles. The molecule has 0 atom stereocenters. The Balaban J connectivity index is 0.00000338. The molecule has 1 aliphatic heterocycles. The second-order valence-electron chi connectivity index (χ2n) is 6.71. The molecule has 0 aliphatic carbocycles. The van der Waals surface area contributed by atoms with Gasteiger partial charge in [0.1, 0.15) is 5.75 Å². The summed E-state index contributed by atoms with van der Waals surface area (Å²) in [6, 6.07) is 7.86. The number of ether oxygens (including phenoxy) is 1. The molecule has 1 aromatic rings. The molecule has 1 fully saturated rings. The predicted octanol–water partition coefficient (Wildman–Crippen LogP) is 2.68. The highest BCUT2D eigenvalue weighted by molar-refractivity contribution is 14.0. The number of aliphatic imine (C=N–C) groups is 1. The number of hydrogen-bond donors (Lipinski definition) is 1. The minimum absolute atomic E-state index is 0. The first-order chi connectivity index (χ1) is 11.8. The largest absolute Gasteiger partial charge is 0.494 e. The number of nitrogens with one attached hydrogen (secondary N) is 1. The van der Waals surface area contributed by atoms with Crippen LogP contribution in [0.5, 0.6) is 5.75 Å². The zero-order valence-corrected chi connectivity index (χ0v) is 19.1. The van der Waals surface area contributed by atoms with Crippen LogP contribution in [0.4, 0.5) is 0 Å². The number of rotatable bonds is 5. The van der Waals surface area contributed by atoms with Gasteiger partial charge in [-0.15, -0.1) is 24.0 Å². The standard InChI is InChI=1S/C18H29N3O3S.HI/c1-5-19-17(21-11-12-25(22,23)18(3,4)14-21)20-13-15-9-7-8-10-16(15)24-6-2;/h7-10H,5-6,11-14H2,1-4H3,(H,19,20);1H. The molecule has 8 heteroatoms. The highest BCUT2D eigenvalue weighted by Gasteiger charge is 2.40. The average molecular weight is 495 g/mol. The summed E-state index contributed by atoms with van der Waals surface area (Å²) in [5, 5.41) is 3.28. The van der Waals surface area contributed by atoms with E-state index in [2.05, 4.69) is 5.32 Å². The molecule has 1 aliphatic rings. The van der Waals surface area contributed by atoms with Crippen LogP contribution >= 0.6 is 24.0 Å². The van der Waals surface area contributed by atoms with Crippen molar-refractivity contribution in [3.63, 3.8) is 0 Å². The van der Waals surface area contributed by atoms with Crippen LogP contribution in [0.2, 0.25) is 0 Å². The van der Waals surface area contributed by atoms with Gasteiger partial charge in [-0.1, -0.05) is 18.2 Å². The van der Waals surface area contributed by atoms with Crippen LogP contribution in [-0.4, -0.2) is 56.0 Å². The maximum Gasteiger partial charge on any atom is 0.194 e. The lowest BCUT2D eigenvalue weighted by Crippen LogP contribution is -2.57. The monoisotopic (exact) mass is 495 g/mol. The van der Waals surface area contributed by atoms with Crippen molar-refractivity contribution < 1.29 is 13.2 Å². The maximum absolute atomic E-state index is 12.2. The van der Waals surface area contributed by atoms with Crippen molar-refractivity contribution in [1.82, 2.24) is 10.2 Å². The van der Waals surface area contributed by atoms with Crippen molar-refractivity contribution in [2.45, 2.75) is 39.0 Å². The summed E-state index contributed by atoms with van der Waals surface area (Å²) in [7, 11) is -3.07. The van der Waals surface area contributed by atoms with Crippen molar-refractivity contribution in [3.8, 4) is 5.75 Å². The second-order valence-corrected chi connectivity index (χ2v) is 9.45. The van der Waals surface area contributed by atoms with Gasteiger partial charge in [0, 0.05) is 25.2 Å². The minimum Gasteiger partial charge on any atom is -0.494 e. The fourth-order valence-corrected chi connectivity index (χ4v) is 4.21. The van der Waals surface area contributed by atoms with Gasteiger partial charge in [-0.25, -0.2) is 13.4 Å². The van der Waals surface area contributed by atoms with Gasteiger partial charge in [-0.3, -0.25) is 0 Å². The zero-order chi connectivity index (χ0) is 18.5. The molecule has 0 amide bonds. The van der Waals surface area contributed by atoms with E-state index in [1.54, 1.807) is 13.8 Å². The quantitative estimate of drug-likeness (QED) is 0.387. The minimum atomic E-state index is -3.07. The SMILES string of the molecule is CCNC(=NCc1ccccc1OCC)N1CCS(=O)(=O)C(C)(C)C1.I. The molecule has 0 bridgehead atoms. The van der Waals surface area contributed by atoms with Gasteiger partial charge in [-0.05, 0) is 33.8 Å². The normalized spacial score (nSPS) is 18.8. The molecule has 0 aromatic heterocycles. The molecule has 0 spiro atoms. The van der Waals surface area contributed by atoms with Gasteiger partial charge in [0.2, 0.25) is 0 Å². The van der Waals surface area contributed by atoms with E-state index < -0.39 is 14.6 Å². The van der Waals surface area contributed by atoms with Gasteiger partial charge in [0.25, 0.3) is 0 Å². The topological polar surface area (TPSA) is 71.0 Å². The van der Waals surface area contributed by atoms with E-state index in [9.17, 15) is 8.42 Å². The second kappa shape index (κ2) is 9.77. The Morgan fingerprint density at radius 1 is 1.31 bits per heavy atom. The number of nitrogens with zero attached hydrogens (tertiary/aromatic N) is 2. The molecule has 6 nitrogen and oxygen atoms in total. The number of hydrogen-bond acceptors (Lipinski definition) is 4. The Kier molecular flexibility index (Phi) is 8.65. The summed E-state index contributed by atoms with van der Waals surface area (Å²) >= 11 is 0. The Morgan fingerprint density at radius 2 is 2.00 bits per heavy atom. The molecule has 0 radical (unpaired) electrons. The Labute approximate surface area is 174 Å². The van der Waals surface area contributed by atoms with E-state index in [0.717, 1.165) is 23.8 Å². The third-order valence-corrected chi connectivity index (χ3v) is 6.88. The lowest BCUT2D eigenvalue weighted by atomic mass is 10.2. The third-order valence-electron chi connectivity index (χ3n) is 4.35. The van der Waals surface area contributed by atoms with Gasteiger partial charge in [0.15, 0.2) is 15.8 Å². The smallest absolute Gasteiger partial charge is 0.194 e. The van der Waals surface area contributed by atoms with Crippen LogP contribution in [0.15, 0.2) is 29.3 Å². The Morgan fingerprint density at radius 3 is 2.62 bits per heavy atom. The lowest BCUT2D eigenvalue weighted by Gasteiger charge is -2.39. The first-order valence-corrected chi connectivity index (χ1v) is 10.4. The van der Waals surface area contributed by atoms with Gasteiger partial charge < -0.3 is 15.0 Å². The Bertz CT molecular complexity index is 720. The molecule has 0 saturated carbocycles. The van der Waals surface area contributed by atoms with Crippen LogP contribution in [0.25, 0.3) is 0 Å². The molecule has 1 aromatic carbocycles. The number of sulfone groups is 1. The van der Waals surface area contributed by atoms with E-state index in [4.69, 9.17) is 9.73 Å². The van der Waals surface area contributed by atoms with Crippen molar-refractivity contribution in [1.29, 1.82) is 0 Å². The maximum atomic E-state index is 12.2. The fraction of sp³-hybridized carbons (Fsp3) is 0.611. The van der Waals surface area contributed by atoms with Gasteiger partial charge in [0.05, 0.1) is 23.7 Å². The summed E-state index contributed by atoms with van der Waals surface area (Å²) in [6.07, 6.45) is 0. The van der Waals surface area contributed by atoms with E-state index in [1.165, 1.54) is 0 Å². The Hall–Kier alpha value is -1.03. The van der Waals surface area contributed by atoms with Gasteiger partial charge in [-0.2, -0.15) is 0 Å². The summed E-state index contributed by atoms with van der Waals surface area (Å²) < 4.78 is 29.3. The molecule has 148 valence electrons. The van der Waals surface area contributed by atoms with E-state index in [1.807, 2.05) is 43.0 Å². The van der Waals surface area contributed by atoms with Crippen molar-refractivity contribution in [3.05, 3.63) is 29.8 Å². The van der Waals surface area contributed by atoms with E-state index >= 15 is 0 Å². The first-order valence-electron chi connectivity index (χ1n) is 8.77. The molecule has 1 saturated heterocycles. The van der Waals surface area contributed by atoms with Crippen LogP contribution in [0.1, 0.15) is 33.3 Å². The molecule has 1 N–H and O–H groups in total. The first kappa shape index (κ1) is 23.0. The highest BCUT2D eigenvalue weighted by atomic mass is 127. The lowest BCUT2D eigenvalue weighted by molar-refractivity contribution is 0.336. The fourth-order valence-electron chi connectivity index (χ4n) is 2.84. The number of benzene rings is 1. The van der Waals surface area contributed by atoms with Crippen molar-refractivity contribution >= 4 is 39.8 Å². The molecule has 26 heavy (non-hydrogen) atoms. The van der Waals surface area contributed by atoms with Crippen LogP contribution in [-0.2, 0) is 16.4 Å². The van der Waals surface area contributed by atoms with Crippen LogP contribution < -0.4 is 10.1 Å². The van der Waals surface area contributed by atoms with Crippen molar-refractivity contribution in [2.24, 2.45) is 4.99 Å². The van der Waals surface area contributed by atoms with Crippen molar-refractivity contribution in [2.75, 3.05) is 32.0 Å². The summed E-state index contributed by atoms with van der Waals surface area (Å²) in [5.74, 6) is 1.74. The van der Waals surface area contributed by atoms with E-state index in [-0.39, 0.29) is 29.7 Å². The summed E-state index contributed by atoms with van der Waals surface area (Å²) in [4.78, 5) is 6.76. The molecule has 2 rings (SSSR count). The molecular formula is C18H30IN3O3S. The summed E-state index contributed by atoms with van der Waals surface area (Å²) in [6.45, 7) is 10.3. The van der Waals surface area contributed by atoms with Crippen LogP contribution in [0, 0.1) is 0 Å². The third kappa shape index (κ3) is 5.48. The molecule has 0 unspecified atom stereocenters. The van der Waals surface area contributed by atoms with Gasteiger partial charge >= 0.3 is 0 Å². The number of halogens is 1. The zero-order valence-electron chi connectivity index (χ0n) is 16.0. The van der Waals surface area contributed by atoms with E-state index in [0.29, 0.717) is 26.2 Å². The number of para-hydroxylation sites is 1. The predicted molar refractivity (Wildman–Crippen MR) is 117 cm³/mol. The summed E-state index contributed by atoms with van der Waals surface area (Å²) in [5.41, 5.74) is 1.02.